The highest BCUT2D eigenvalue weighted by Gasteiger charge is 2.16. The van der Waals surface area contributed by atoms with E-state index in [1.54, 1.807) is 22.7 Å². The SMILES string of the molecule is c1ccc(-c2cnc(SCc3nnnn3-c3ccccc3)n2Cc2ccco2)cc1. The van der Waals surface area contributed by atoms with Crippen molar-refractivity contribution < 1.29 is 4.42 Å². The number of furan rings is 1. The van der Waals surface area contributed by atoms with Gasteiger partial charge in [-0.1, -0.05) is 60.3 Å². The number of para-hydroxylation sites is 1. The second kappa shape index (κ2) is 8.38. The molecule has 3 heterocycles. The van der Waals surface area contributed by atoms with Gasteiger partial charge >= 0.3 is 0 Å². The summed E-state index contributed by atoms with van der Waals surface area (Å²) in [5.74, 6) is 2.23. The zero-order valence-corrected chi connectivity index (χ0v) is 16.8. The van der Waals surface area contributed by atoms with Crippen molar-refractivity contribution in [1.29, 1.82) is 0 Å². The average Bonchev–Trinajstić information content (AvgIpc) is 3.55. The number of aromatic nitrogens is 6. The monoisotopic (exact) mass is 414 g/mol. The number of rotatable bonds is 7. The molecule has 0 saturated heterocycles. The molecule has 148 valence electrons. The molecule has 0 spiro atoms. The zero-order chi connectivity index (χ0) is 20.2. The summed E-state index contributed by atoms with van der Waals surface area (Å²) >= 11 is 1.60. The number of nitrogens with zero attached hydrogens (tertiary/aromatic N) is 6. The van der Waals surface area contributed by atoms with Crippen LogP contribution in [0.25, 0.3) is 16.9 Å². The van der Waals surface area contributed by atoms with Gasteiger partial charge < -0.3 is 8.98 Å². The topological polar surface area (TPSA) is 74.6 Å². The third kappa shape index (κ3) is 3.77. The Morgan fingerprint density at radius 3 is 2.47 bits per heavy atom. The quantitative estimate of drug-likeness (QED) is 0.366. The largest absolute Gasteiger partial charge is 0.467 e. The summed E-state index contributed by atoms with van der Waals surface area (Å²) in [5, 5.41) is 13.1. The van der Waals surface area contributed by atoms with E-state index in [-0.39, 0.29) is 0 Å². The Labute approximate surface area is 177 Å². The highest BCUT2D eigenvalue weighted by molar-refractivity contribution is 7.98. The Bertz CT molecular complexity index is 1220. The van der Waals surface area contributed by atoms with Crippen molar-refractivity contribution in [3.63, 3.8) is 0 Å². The van der Waals surface area contributed by atoms with Gasteiger partial charge in [-0.25, -0.2) is 4.98 Å². The lowest BCUT2D eigenvalue weighted by molar-refractivity contribution is 0.485. The molecule has 0 amide bonds. The van der Waals surface area contributed by atoms with E-state index in [1.807, 2.05) is 66.9 Å². The van der Waals surface area contributed by atoms with Gasteiger partial charge in [-0.05, 0) is 40.3 Å². The Morgan fingerprint density at radius 2 is 1.70 bits per heavy atom. The Hall–Kier alpha value is -3.65. The molecule has 0 bridgehead atoms. The van der Waals surface area contributed by atoms with Crippen molar-refractivity contribution in [2.24, 2.45) is 0 Å². The molecule has 0 N–H and O–H groups in total. The van der Waals surface area contributed by atoms with E-state index in [9.17, 15) is 0 Å². The number of hydrogen-bond acceptors (Lipinski definition) is 6. The molecule has 3 aromatic heterocycles. The van der Waals surface area contributed by atoms with Crippen LogP contribution in [0.4, 0.5) is 0 Å². The van der Waals surface area contributed by atoms with Gasteiger partial charge in [0.15, 0.2) is 11.0 Å². The van der Waals surface area contributed by atoms with Crippen LogP contribution < -0.4 is 0 Å². The molecule has 0 radical (unpaired) electrons. The summed E-state index contributed by atoms with van der Waals surface area (Å²) in [4.78, 5) is 4.68. The maximum Gasteiger partial charge on any atom is 0.169 e. The highest BCUT2D eigenvalue weighted by Crippen LogP contribution is 2.29. The van der Waals surface area contributed by atoms with Crippen molar-refractivity contribution >= 4 is 11.8 Å². The van der Waals surface area contributed by atoms with Gasteiger partial charge in [0, 0.05) is 0 Å². The lowest BCUT2D eigenvalue weighted by atomic mass is 10.2. The first-order valence-electron chi connectivity index (χ1n) is 9.47. The summed E-state index contributed by atoms with van der Waals surface area (Å²) in [6.07, 6.45) is 3.59. The van der Waals surface area contributed by atoms with Gasteiger partial charge in [0.25, 0.3) is 0 Å². The van der Waals surface area contributed by atoms with Crippen LogP contribution in [0.3, 0.4) is 0 Å². The van der Waals surface area contributed by atoms with Crippen molar-refractivity contribution in [3.05, 3.63) is 96.8 Å². The average molecular weight is 414 g/mol. The fourth-order valence-electron chi connectivity index (χ4n) is 3.22. The van der Waals surface area contributed by atoms with Crippen LogP contribution in [0, 0.1) is 0 Å². The summed E-state index contributed by atoms with van der Waals surface area (Å²) in [6.45, 7) is 0.600. The fourth-order valence-corrected chi connectivity index (χ4v) is 4.10. The first-order chi connectivity index (χ1) is 14.9. The minimum Gasteiger partial charge on any atom is -0.467 e. The third-order valence-corrected chi connectivity index (χ3v) is 5.63. The van der Waals surface area contributed by atoms with E-state index in [0.29, 0.717) is 12.3 Å². The number of thioether (sulfide) groups is 1. The Balaban J connectivity index is 1.44. The van der Waals surface area contributed by atoms with Crippen molar-refractivity contribution in [1.82, 2.24) is 29.8 Å². The summed E-state index contributed by atoms with van der Waals surface area (Å²) in [5.41, 5.74) is 3.08. The normalized spacial score (nSPS) is 11.1. The van der Waals surface area contributed by atoms with E-state index in [1.165, 1.54) is 0 Å². The number of tetrazole rings is 1. The van der Waals surface area contributed by atoms with Crippen LogP contribution >= 0.6 is 11.8 Å². The molecule has 5 aromatic rings. The molecule has 0 aliphatic heterocycles. The van der Waals surface area contributed by atoms with Crippen molar-refractivity contribution in [2.45, 2.75) is 17.5 Å². The minimum atomic E-state index is 0.589. The smallest absolute Gasteiger partial charge is 0.169 e. The van der Waals surface area contributed by atoms with Crippen molar-refractivity contribution in [3.8, 4) is 16.9 Å². The standard InChI is InChI=1S/C22H18N6OS/c1-3-8-17(9-4-1)20-14-23-22(27(20)15-19-12-7-13-29-19)30-16-21-24-25-26-28(21)18-10-5-2-6-11-18/h1-14H,15-16H2. The highest BCUT2D eigenvalue weighted by atomic mass is 32.2. The van der Waals surface area contributed by atoms with Gasteiger partial charge in [-0.15, -0.1) is 5.10 Å². The van der Waals surface area contributed by atoms with Crippen LogP contribution in [0.5, 0.6) is 0 Å². The maximum absolute atomic E-state index is 5.59. The molecule has 0 aliphatic rings. The predicted molar refractivity (Wildman–Crippen MR) is 114 cm³/mol. The first-order valence-corrected chi connectivity index (χ1v) is 10.5. The third-order valence-electron chi connectivity index (χ3n) is 4.65. The molecular formula is C22H18N6OS. The van der Waals surface area contributed by atoms with Gasteiger partial charge in [-0.3, -0.25) is 0 Å². The van der Waals surface area contributed by atoms with E-state index in [0.717, 1.165) is 33.7 Å². The van der Waals surface area contributed by atoms with Crippen LogP contribution in [-0.2, 0) is 12.3 Å². The van der Waals surface area contributed by atoms with Gasteiger partial charge in [-0.2, -0.15) is 4.68 Å². The minimum absolute atomic E-state index is 0.589. The zero-order valence-electron chi connectivity index (χ0n) is 16.0. The van der Waals surface area contributed by atoms with E-state index in [2.05, 4.69) is 37.2 Å². The molecular weight excluding hydrogens is 396 g/mol. The lowest BCUT2D eigenvalue weighted by Crippen LogP contribution is -2.05. The molecule has 0 atom stereocenters. The lowest BCUT2D eigenvalue weighted by Gasteiger charge is -2.11. The molecule has 0 fully saturated rings. The molecule has 2 aromatic carbocycles. The van der Waals surface area contributed by atoms with Gasteiger partial charge in [0.05, 0.1) is 36.1 Å². The van der Waals surface area contributed by atoms with Crippen LogP contribution in [0.2, 0.25) is 0 Å². The Kier molecular flexibility index (Phi) is 5.14. The van der Waals surface area contributed by atoms with Crippen molar-refractivity contribution in [2.75, 3.05) is 0 Å². The fraction of sp³-hybridized carbons (Fsp3) is 0.0909. The van der Waals surface area contributed by atoms with Gasteiger partial charge in [0.2, 0.25) is 0 Å². The molecule has 8 heteroatoms. The van der Waals surface area contributed by atoms with E-state index in [4.69, 9.17) is 4.42 Å². The molecule has 0 unspecified atom stereocenters. The molecule has 30 heavy (non-hydrogen) atoms. The maximum atomic E-state index is 5.59. The number of hydrogen-bond donors (Lipinski definition) is 0. The second-order valence-corrected chi connectivity index (χ2v) is 7.53. The summed E-state index contributed by atoms with van der Waals surface area (Å²) in [7, 11) is 0. The Morgan fingerprint density at radius 1 is 0.900 bits per heavy atom. The summed E-state index contributed by atoms with van der Waals surface area (Å²) < 4.78 is 9.50. The van der Waals surface area contributed by atoms with Crippen LogP contribution in [0.1, 0.15) is 11.6 Å². The van der Waals surface area contributed by atoms with E-state index < -0.39 is 0 Å². The number of benzene rings is 2. The van der Waals surface area contributed by atoms with Gasteiger partial charge in [0.1, 0.15) is 5.76 Å². The number of imidazole rings is 1. The predicted octanol–water partition coefficient (Wildman–Crippen LogP) is 4.46. The molecule has 0 saturated carbocycles. The van der Waals surface area contributed by atoms with E-state index >= 15 is 0 Å². The molecule has 7 nitrogen and oxygen atoms in total. The van der Waals surface area contributed by atoms with Crippen LogP contribution in [0.15, 0.2) is 94.8 Å². The first kappa shape index (κ1) is 18.4. The molecule has 0 aliphatic carbocycles. The second-order valence-electron chi connectivity index (χ2n) is 6.59. The molecule has 5 rings (SSSR count). The summed E-state index contributed by atoms with van der Waals surface area (Å²) in [6, 6.07) is 24.0. The van der Waals surface area contributed by atoms with Crippen LogP contribution in [-0.4, -0.2) is 29.8 Å².